The smallest absolute Gasteiger partial charge is 0.224 e. The molecule has 1 atom stereocenters. The van der Waals surface area contributed by atoms with Crippen LogP contribution in [0.25, 0.3) is 0 Å². The van der Waals surface area contributed by atoms with E-state index in [1.165, 1.54) is 0 Å². The predicted octanol–water partition coefficient (Wildman–Crippen LogP) is 2.82. The van der Waals surface area contributed by atoms with E-state index in [0.29, 0.717) is 19.6 Å². The summed E-state index contributed by atoms with van der Waals surface area (Å²) in [6.07, 6.45) is 0.464. The van der Waals surface area contributed by atoms with Gasteiger partial charge < -0.3 is 19.7 Å². The fourth-order valence-electron chi connectivity index (χ4n) is 2.77. The Bertz CT molecular complexity index is 667. The van der Waals surface area contributed by atoms with E-state index in [1.54, 1.807) is 4.90 Å². The van der Waals surface area contributed by atoms with Gasteiger partial charge in [0.05, 0.1) is 13.2 Å². The number of amides is 1. The molecule has 0 saturated carbocycles. The molecule has 132 valence electrons. The maximum atomic E-state index is 12.3. The van der Waals surface area contributed by atoms with Crippen LogP contribution < -0.4 is 10.1 Å². The Hall–Kier alpha value is -2.37. The van der Waals surface area contributed by atoms with Crippen molar-refractivity contribution in [2.45, 2.75) is 19.0 Å². The van der Waals surface area contributed by atoms with Crippen LogP contribution in [0.1, 0.15) is 12.0 Å². The second kappa shape index (κ2) is 8.65. The molecular formula is C20H24N2O3. The molecule has 1 fully saturated rings. The Balaban J connectivity index is 1.50. The van der Waals surface area contributed by atoms with Crippen molar-refractivity contribution in [2.75, 3.05) is 26.8 Å². The molecule has 1 heterocycles. The lowest BCUT2D eigenvalue weighted by Gasteiger charge is -2.25. The molecule has 0 bridgehead atoms. The molecule has 0 unspecified atom stereocenters. The topological polar surface area (TPSA) is 50.8 Å². The highest BCUT2D eigenvalue weighted by Crippen LogP contribution is 2.21. The molecule has 0 spiro atoms. The Morgan fingerprint density at radius 2 is 1.88 bits per heavy atom. The molecule has 5 nitrogen and oxygen atoms in total. The summed E-state index contributed by atoms with van der Waals surface area (Å²) in [5.41, 5.74) is 1.07. The van der Waals surface area contributed by atoms with Crippen LogP contribution >= 0.6 is 0 Å². The monoisotopic (exact) mass is 340 g/mol. The van der Waals surface area contributed by atoms with E-state index in [9.17, 15) is 4.79 Å². The van der Waals surface area contributed by atoms with Gasteiger partial charge in [0.15, 0.2) is 0 Å². The van der Waals surface area contributed by atoms with Crippen LogP contribution in [-0.4, -0.2) is 43.7 Å². The molecule has 1 aliphatic rings. The van der Waals surface area contributed by atoms with E-state index in [2.05, 4.69) is 5.32 Å². The minimum absolute atomic E-state index is 0.116. The van der Waals surface area contributed by atoms with Crippen molar-refractivity contribution >= 4 is 5.91 Å². The van der Waals surface area contributed by atoms with Crippen molar-refractivity contribution in [3.05, 3.63) is 60.2 Å². The van der Waals surface area contributed by atoms with Gasteiger partial charge >= 0.3 is 0 Å². The minimum atomic E-state index is 0.116. The molecule has 1 saturated heterocycles. The highest BCUT2D eigenvalue weighted by molar-refractivity contribution is 5.76. The molecular weight excluding hydrogens is 316 g/mol. The molecule has 1 N–H and O–H groups in total. The zero-order chi connectivity index (χ0) is 17.5. The summed E-state index contributed by atoms with van der Waals surface area (Å²) >= 11 is 0. The lowest BCUT2D eigenvalue weighted by atomic mass is 10.1. The molecule has 2 aromatic carbocycles. The van der Waals surface area contributed by atoms with Crippen LogP contribution in [0, 0.1) is 0 Å². The van der Waals surface area contributed by atoms with Crippen molar-refractivity contribution in [2.24, 2.45) is 0 Å². The molecule has 3 rings (SSSR count). The Morgan fingerprint density at radius 3 is 2.56 bits per heavy atom. The van der Waals surface area contributed by atoms with Crippen LogP contribution in [0.15, 0.2) is 54.6 Å². The third-order valence-electron chi connectivity index (χ3n) is 4.17. The maximum absolute atomic E-state index is 12.3. The first kappa shape index (κ1) is 17.5. The Labute approximate surface area is 148 Å². The number of morpholine rings is 1. The van der Waals surface area contributed by atoms with Crippen LogP contribution in [0.5, 0.6) is 11.5 Å². The standard InChI is InChI=1S/C20H24N2O3/c1-22(20(23)13-17-15-24-12-11-21-17)14-16-7-9-19(10-8-16)25-18-5-3-2-4-6-18/h2-10,17,21H,11-15H2,1H3/t17-/m0/s1. The Kier molecular flexibility index (Phi) is 6.04. The van der Waals surface area contributed by atoms with Gasteiger partial charge in [-0.2, -0.15) is 0 Å². The average Bonchev–Trinajstić information content (AvgIpc) is 2.65. The summed E-state index contributed by atoms with van der Waals surface area (Å²) in [6, 6.07) is 17.6. The van der Waals surface area contributed by atoms with Crippen molar-refractivity contribution < 1.29 is 14.3 Å². The van der Waals surface area contributed by atoms with Gasteiger partial charge in [-0.25, -0.2) is 0 Å². The summed E-state index contributed by atoms with van der Waals surface area (Å²) in [6.45, 7) is 2.71. The SMILES string of the molecule is CN(Cc1ccc(Oc2ccccc2)cc1)C(=O)C[C@H]1COCCN1. The highest BCUT2D eigenvalue weighted by atomic mass is 16.5. The number of hydrogen-bond acceptors (Lipinski definition) is 4. The van der Waals surface area contributed by atoms with E-state index < -0.39 is 0 Å². The van der Waals surface area contributed by atoms with E-state index in [4.69, 9.17) is 9.47 Å². The van der Waals surface area contributed by atoms with Gasteiger partial charge in [-0.3, -0.25) is 4.79 Å². The van der Waals surface area contributed by atoms with Gasteiger partial charge in [0, 0.05) is 32.6 Å². The molecule has 5 heteroatoms. The van der Waals surface area contributed by atoms with Crippen LogP contribution in [0.2, 0.25) is 0 Å². The number of hydrogen-bond donors (Lipinski definition) is 1. The summed E-state index contributed by atoms with van der Waals surface area (Å²) < 4.78 is 11.2. The van der Waals surface area contributed by atoms with Gasteiger partial charge in [-0.05, 0) is 29.8 Å². The Morgan fingerprint density at radius 1 is 1.16 bits per heavy atom. The van der Waals surface area contributed by atoms with Gasteiger partial charge in [0.25, 0.3) is 0 Å². The first-order valence-electron chi connectivity index (χ1n) is 8.57. The summed E-state index contributed by atoms with van der Waals surface area (Å²) in [7, 11) is 1.83. The minimum Gasteiger partial charge on any atom is -0.457 e. The van der Waals surface area contributed by atoms with E-state index in [0.717, 1.165) is 30.2 Å². The number of nitrogens with zero attached hydrogens (tertiary/aromatic N) is 1. The first-order valence-corrected chi connectivity index (χ1v) is 8.57. The van der Waals surface area contributed by atoms with Crippen LogP contribution in [0.3, 0.4) is 0 Å². The number of para-hydroxylation sites is 1. The normalized spacial score (nSPS) is 17.1. The molecule has 0 aromatic heterocycles. The third-order valence-corrected chi connectivity index (χ3v) is 4.17. The van der Waals surface area contributed by atoms with Gasteiger partial charge in [-0.1, -0.05) is 30.3 Å². The van der Waals surface area contributed by atoms with Gasteiger partial charge in [-0.15, -0.1) is 0 Å². The number of benzene rings is 2. The number of carbonyl (C=O) groups excluding carboxylic acids is 1. The molecule has 25 heavy (non-hydrogen) atoms. The van der Waals surface area contributed by atoms with Crippen molar-refractivity contribution in [3.63, 3.8) is 0 Å². The van der Waals surface area contributed by atoms with Crippen molar-refractivity contribution in [1.82, 2.24) is 10.2 Å². The van der Waals surface area contributed by atoms with Crippen molar-refractivity contribution in [3.8, 4) is 11.5 Å². The van der Waals surface area contributed by atoms with E-state index >= 15 is 0 Å². The summed E-state index contributed by atoms with van der Waals surface area (Å²) in [4.78, 5) is 14.1. The second-order valence-electron chi connectivity index (χ2n) is 6.24. The number of carbonyl (C=O) groups is 1. The summed E-state index contributed by atoms with van der Waals surface area (Å²) in [5.74, 6) is 1.71. The van der Waals surface area contributed by atoms with Crippen molar-refractivity contribution in [1.29, 1.82) is 0 Å². The average molecular weight is 340 g/mol. The van der Waals surface area contributed by atoms with E-state index in [-0.39, 0.29) is 11.9 Å². The second-order valence-corrected chi connectivity index (χ2v) is 6.24. The molecule has 1 aliphatic heterocycles. The lowest BCUT2D eigenvalue weighted by Crippen LogP contribution is -2.44. The molecule has 0 radical (unpaired) electrons. The lowest BCUT2D eigenvalue weighted by molar-refractivity contribution is -0.131. The van der Waals surface area contributed by atoms with Crippen LogP contribution in [-0.2, 0) is 16.1 Å². The first-order chi connectivity index (χ1) is 12.2. The fraction of sp³-hybridized carbons (Fsp3) is 0.350. The zero-order valence-corrected chi connectivity index (χ0v) is 14.5. The maximum Gasteiger partial charge on any atom is 0.224 e. The van der Waals surface area contributed by atoms with E-state index in [1.807, 2.05) is 61.6 Å². The van der Waals surface area contributed by atoms with Gasteiger partial charge in [0.2, 0.25) is 5.91 Å². The predicted molar refractivity (Wildman–Crippen MR) is 96.7 cm³/mol. The van der Waals surface area contributed by atoms with Crippen LogP contribution in [0.4, 0.5) is 0 Å². The zero-order valence-electron chi connectivity index (χ0n) is 14.5. The largest absolute Gasteiger partial charge is 0.457 e. The quantitative estimate of drug-likeness (QED) is 0.878. The molecule has 2 aromatic rings. The fourth-order valence-corrected chi connectivity index (χ4v) is 2.77. The molecule has 0 aliphatic carbocycles. The van der Waals surface area contributed by atoms with Gasteiger partial charge in [0.1, 0.15) is 11.5 Å². The number of nitrogens with one attached hydrogen (secondary N) is 1. The third kappa shape index (κ3) is 5.31. The molecule has 1 amide bonds. The highest BCUT2D eigenvalue weighted by Gasteiger charge is 2.19. The number of rotatable bonds is 6. The summed E-state index contributed by atoms with van der Waals surface area (Å²) in [5, 5.41) is 3.31. The number of ether oxygens (including phenoxy) is 2.